The van der Waals surface area contributed by atoms with Gasteiger partial charge in [-0.2, -0.15) is 5.26 Å². The lowest BCUT2D eigenvalue weighted by Crippen LogP contribution is -2.29. The van der Waals surface area contributed by atoms with Crippen molar-refractivity contribution in [2.24, 2.45) is 7.05 Å². The monoisotopic (exact) mass is 523 g/mol. The summed E-state index contributed by atoms with van der Waals surface area (Å²) >= 11 is 0. The lowest BCUT2D eigenvalue weighted by atomic mass is 10.0. The highest BCUT2D eigenvalue weighted by atomic mass is 32.2. The van der Waals surface area contributed by atoms with E-state index in [-0.39, 0.29) is 12.5 Å². The highest BCUT2D eigenvalue weighted by molar-refractivity contribution is 7.81. The minimum Gasteiger partial charge on any atom is -0.497 e. The van der Waals surface area contributed by atoms with Crippen molar-refractivity contribution in [3.05, 3.63) is 89.7 Å². The first kappa shape index (κ1) is 31.4. The molecular weight excluding hydrogens is 486 g/mol. The van der Waals surface area contributed by atoms with Crippen molar-refractivity contribution in [2.45, 2.75) is 39.8 Å². The number of aromatic nitrogens is 1. The van der Waals surface area contributed by atoms with Gasteiger partial charge >= 0.3 is 0 Å². The molecule has 0 aliphatic carbocycles. The molecule has 0 spiro atoms. The second-order valence-electron chi connectivity index (χ2n) is 7.70. The molecule has 0 fully saturated rings. The van der Waals surface area contributed by atoms with E-state index in [4.69, 9.17) is 19.9 Å². The van der Waals surface area contributed by atoms with Gasteiger partial charge in [0.05, 0.1) is 35.8 Å². The fourth-order valence-electron chi connectivity index (χ4n) is 3.84. The Morgan fingerprint density at radius 2 is 1.84 bits per heavy atom. The van der Waals surface area contributed by atoms with Crippen molar-refractivity contribution in [1.82, 2.24) is 8.87 Å². The minimum atomic E-state index is -1.21. The third-order valence-corrected chi connectivity index (χ3v) is 6.53. The summed E-state index contributed by atoms with van der Waals surface area (Å²) in [6, 6.07) is 15.6. The predicted octanol–water partition coefficient (Wildman–Crippen LogP) is 6.14. The Balaban J connectivity index is 0.00000127. The van der Waals surface area contributed by atoms with Gasteiger partial charge in [-0.15, -0.1) is 0 Å². The molecule has 0 radical (unpaired) electrons. The van der Waals surface area contributed by atoms with Crippen LogP contribution in [0.4, 0.5) is 0 Å². The van der Waals surface area contributed by atoms with Crippen molar-refractivity contribution in [1.29, 1.82) is 5.26 Å². The van der Waals surface area contributed by atoms with Crippen molar-refractivity contribution < 1.29 is 18.8 Å². The molecular formula is C29H37N3O4S. The SMILES string of the molecule is C/C=C\C=C/CC(c1cn(C)c2ccc(OC)cc12)N(Cc1ccc(C#N)cc1)S(C)=O.CC.O=CO. The minimum absolute atomic E-state index is 0.103. The Labute approximate surface area is 222 Å². The van der Waals surface area contributed by atoms with Crippen molar-refractivity contribution >= 4 is 28.4 Å². The number of hydrogen-bond donors (Lipinski definition) is 1. The molecule has 1 N–H and O–H groups in total. The molecule has 0 saturated heterocycles. The average Bonchev–Trinajstić information content (AvgIpc) is 3.24. The van der Waals surface area contributed by atoms with Gasteiger partial charge in [-0.3, -0.25) is 4.79 Å². The molecule has 2 unspecified atom stereocenters. The van der Waals surface area contributed by atoms with Gasteiger partial charge in [0.1, 0.15) is 5.75 Å². The molecule has 7 nitrogen and oxygen atoms in total. The molecule has 0 amide bonds. The maximum atomic E-state index is 13.0. The lowest BCUT2D eigenvalue weighted by molar-refractivity contribution is -0.122. The molecule has 3 aromatic rings. The largest absolute Gasteiger partial charge is 0.497 e. The normalized spacial score (nSPS) is 12.4. The van der Waals surface area contributed by atoms with E-state index in [0.717, 1.165) is 27.8 Å². The highest BCUT2D eigenvalue weighted by Gasteiger charge is 2.26. The van der Waals surface area contributed by atoms with E-state index < -0.39 is 11.0 Å². The van der Waals surface area contributed by atoms with Gasteiger partial charge in [-0.1, -0.05) is 50.3 Å². The molecule has 2 aromatic carbocycles. The topological polar surface area (TPSA) is 95.6 Å². The van der Waals surface area contributed by atoms with Crippen LogP contribution in [-0.4, -0.2) is 38.0 Å². The van der Waals surface area contributed by atoms with Crippen LogP contribution >= 0.6 is 0 Å². The standard InChI is InChI=1S/C26H29N3O2S.C2H6.CH2O2/c1-5-6-7-8-9-26(24-19-28(2)25-15-14-22(31-3)16-23(24)25)29(32(4)30)18-21-12-10-20(17-27)11-13-21;1-2;2-1-3/h5-8,10-16,19,26H,9,18H2,1-4H3;1-2H3;1H,(H,2,3)/b6-5-,8-7-;;. The number of benzene rings is 2. The van der Waals surface area contributed by atoms with E-state index >= 15 is 0 Å². The van der Waals surface area contributed by atoms with Crippen molar-refractivity contribution in [2.75, 3.05) is 13.4 Å². The fourth-order valence-corrected chi connectivity index (χ4v) is 4.72. The summed E-state index contributed by atoms with van der Waals surface area (Å²) in [5, 5.41) is 17.1. The summed E-state index contributed by atoms with van der Waals surface area (Å²) in [6.45, 7) is 6.24. The third kappa shape index (κ3) is 9.05. The Kier molecular flexibility index (Phi) is 14.3. The van der Waals surface area contributed by atoms with Crippen LogP contribution in [0.2, 0.25) is 0 Å². The van der Waals surface area contributed by atoms with Gasteiger partial charge in [0.25, 0.3) is 6.47 Å². The highest BCUT2D eigenvalue weighted by Crippen LogP contribution is 2.35. The number of allylic oxidation sites excluding steroid dienone is 3. The Hall–Kier alpha value is -3.67. The van der Waals surface area contributed by atoms with E-state index in [1.54, 1.807) is 25.5 Å². The van der Waals surface area contributed by atoms with Gasteiger partial charge in [-0.25, -0.2) is 8.51 Å². The van der Waals surface area contributed by atoms with Crippen molar-refractivity contribution in [3.8, 4) is 11.8 Å². The first-order chi connectivity index (χ1) is 17.9. The lowest BCUT2D eigenvalue weighted by Gasteiger charge is -2.29. The third-order valence-electron chi connectivity index (χ3n) is 5.48. The van der Waals surface area contributed by atoms with Crippen LogP contribution in [-0.2, 0) is 29.4 Å². The van der Waals surface area contributed by atoms with Crippen LogP contribution < -0.4 is 4.74 Å². The molecule has 3 rings (SSSR count). The van der Waals surface area contributed by atoms with E-state index in [0.29, 0.717) is 18.5 Å². The second-order valence-corrected chi connectivity index (χ2v) is 9.01. The molecule has 1 heterocycles. The molecule has 0 bridgehead atoms. The number of rotatable bonds is 9. The van der Waals surface area contributed by atoms with Crippen LogP contribution in [0.25, 0.3) is 10.9 Å². The van der Waals surface area contributed by atoms with E-state index in [9.17, 15) is 4.21 Å². The van der Waals surface area contributed by atoms with Crippen LogP contribution in [0.1, 0.15) is 49.9 Å². The zero-order chi connectivity index (χ0) is 27.8. The van der Waals surface area contributed by atoms with Crippen molar-refractivity contribution in [3.63, 3.8) is 0 Å². The number of ether oxygens (including phenoxy) is 1. The molecule has 0 aliphatic heterocycles. The Morgan fingerprint density at radius 1 is 1.19 bits per heavy atom. The predicted molar refractivity (Wildman–Crippen MR) is 152 cm³/mol. The maximum Gasteiger partial charge on any atom is 0.290 e. The Bertz CT molecular complexity index is 1240. The molecule has 198 valence electrons. The average molecular weight is 524 g/mol. The van der Waals surface area contributed by atoms with Gasteiger partial charge < -0.3 is 14.4 Å². The summed E-state index contributed by atoms with van der Waals surface area (Å²) in [6.07, 6.45) is 12.7. The molecule has 0 aliphatic rings. The summed E-state index contributed by atoms with van der Waals surface area (Å²) in [4.78, 5) is 8.36. The summed E-state index contributed by atoms with van der Waals surface area (Å²) in [7, 11) is 2.48. The fraction of sp³-hybridized carbons (Fsp3) is 0.310. The molecule has 1 aromatic heterocycles. The number of carbonyl (C=O) groups is 1. The van der Waals surface area contributed by atoms with Gasteiger partial charge in [0, 0.05) is 36.9 Å². The van der Waals surface area contributed by atoms with Gasteiger partial charge in [0.15, 0.2) is 0 Å². The summed E-state index contributed by atoms with van der Waals surface area (Å²) in [5.41, 5.74) is 3.84. The molecule has 37 heavy (non-hydrogen) atoms. The van der Waals surface area contributed by atoms with Crippen LogP contribution in [0.15, 0.2) is 73.0 Å². The Morgan fingerprint density at radius 3 is 2.38 bits per heavy atom. The summed E-state index contributed by atoms with van der Waals surface area (Å²) in [5.74, 6) is 0.796. The number of nitriles is 1. The smallest absolute Gasteiger partial charge is 0.290 e. The summed E-state index contributed by atoms with van der Waals surface area (Å²) < 4.78 is 22.5. The van der Waals surface area contributed by atoms with Gasteiger partial charge in [-0.05, 0) is 54.8 Å². The van der Waals surface area contributed by atoms with E-state index in [2.05, 4.69) is 29.0 Å². The number of hydrogen-bond acceptors (Lipinski definition) is 4. The van der Waals surface area contributed by atoms with Crippen LogP contribution in [0.5, 0.6) is 5.75 Å². The number of methoxy groups -OCH3 is 1. The number of nitrogens with zero attached hydrogens (tertiary/aromatic N) is 3. The zero-order valence-electron chi connectivity index (χ0n) is 22.4. The number of carboxylic acid groups (broad SMARTS) is 1. The quantitative estimate of drug-likeness (QED) is 0.268. The van der Waals surface area contributed by atoms with Gasteiger partial charge in [0.2, 0.25) is 0 Å². The zero-order valence-corrected chi connectivity index (χ0v) is 23.2. The number of aryl methyl sites for hydroxylation is 1. The molecule has 0 saturated carbocycles. The number of fused-ring (bicyclic) bond motifs is 1. The van der Waals surface area contributed by atoms with E-state index in [1.165, 1.54) is 0 Å². The first-order valence-corrected chi connectivity index (χ1v) is 13.5. The second kappa shape index (κ2) is 16.9. The molecule has 8 heteroatoms. The van der Waals surface area contributed by atoms with E-state index in [1.807, 2.05) is 74.6 Å². The maximum absolute atomic E-state index is 13.0. The van der Waals surface area contributed by atoms with Crippen LogP contribution in [0.3, 0.4) is 0 Å². The molecule has 2 atom stereocenters. The van der Waals surface area contributed by atoms with Crippen LogP contribution in [0, 0.1) is 11.3 Å². The first-order valence-electron chi connectivity index (χ1n) is 12.0.